The van der Waals surface area contributed by atoms with Crippen LogP contribution in [0.2, 0.25) is 0 Å². The van der Waals surface area contributed by atoms with E-state index < -0.39 is 24.1 Å². The predicted octanol–water partition coefficient (Wildman–Crippen LogP) is -0.642. The van der Waals surface area contributed by atoms with Crippen LogP contribution < -0.4 is 0 Å². The first-order chi connectivity index (χ1) is 6.54. The number of aliphatic hydroxyl groups excluding tert-OH is 3. The van der Waals surface area contributed by atoms with Gasteiger partial charge in [-0.25, -0.2) is 0 Å². The highest BCUT2D eigenvalue weighted by Gasteiger charge is 2.28. The van der Waals surface area contributed by atoms with Crippen LogP contribution in [-0.2, 0) is 4.79 Å². The van der Waals surface area contributed by atoms with Crippen LogP contribution >= 0.6 is 0 Å². The Morgan fingerprint density at radius 3 is 2.50 bits per heavy atom. The number of hydrogen-bond acceptors (Lipinski definition) is 5. The summed E-state index contributed by atoms with van der Waals surface area (Å²) in [5.74, 6) is -0.572. The number of rotatable bonds is 6. The van der Waals surface area contributed by atoms with E-state index in [0.29, 0.717) is 0 Å². The summed E-state index contributed by atoms with van der Waals surface area (Å²) in [5.41, 5.74) is 7.93. The Hall–Kier alpha value is -1.14. The largest absolute Gasteiger partial charge is 0.390 e. The van der Waals surface area contributed by atoms with Gasteiger partial charge in [-0.3, -0.25) is 4.79 Å². The average molecular weight is 203 g/mol. The number of carbonyl (C=O) groups is 1. The smallest absolute Gasteiger partial charge is 0.163 e. The molecule has 7 nitrogen and oxygen atoms in total. The van der Waals surface area contributed by atoms with Gasteiger partial charge in [0.1, 0.15) is 12.2 Å². The summed E-state index contributed by atoms with van der Waals surface area (Å²) in [7, 11) is 0. The first-order valence-corrected chi connectivity index (χ1v) is 4.12. The normalized spacial score (nSPS) is 16.6. The van der Waals surface area contributed by atoms with Crippen LogP contribution in [0.15, 0.2) is 5.11 Å². The average Bonchev–Trinajstić information content (AvgIpc) is 2.22. The Bertz CT molecular complexity index is 239. The quantitative estimate of drug-likeness (QED) is 0.301. The van der Waals surface area contributed by atoms with Crippen molar-refractivity contribution in [2.45, 2.75) is 31.7 Å². The van der Waals surface area contributed by atoms with E-state index in [4.69, 9.17) is 15.7 Å². The number of hydrogen-bond donors (Lipinski definition) is 3. The summed E-state index contributed by atoms with van der Waals surface area (Å²) >= 11 is 0. The van der Waals surface area contributed by atoms with Crippen LogP contribution in [0.3, 0.4) is 0 Å². The predicted molar refractivity (Wildman–Crippen MR) is 47.3 cm³/mol. The molecule has 0 rings (SSSR count). The van der Waals surface area contributed by atoms with Crippen LogP contribution in [0.25, 0.3) is 10.4 Å². The molecule has 80 valence electrons. The lowest BCUT2D eigenvalue weighted by atomic mass is 10.0. The van der Waals surface area contributed by atoms with Crippen LogP contribution in [0.4, 0.5) is 0 Å². The fraction of sp³-hybridized carbons (Fsp3) is 0.857. The van der Waals surface area contributed by atoms with Gasteiger partial charge in [0, 0.05) is 11.3 Å². The van der Waals surface area contributed by atoms with Crippen LogP contribution in [0, 0.1) is 0 Å². The molecule has 0 aromatic carbocycles. The van der Waals surface area contributed by atoms with Crippen molar-refractivity contribution >= 4 is 5.78 Å². The fourth-order valence-electron chi connectivity index (χ4n) is 0.838. The molecule has 0 aliphatic rings. The summed E-state index contributed by atoms with van der Waals surface area (Å²) in [4.78, 5) is 13.3. The van der Waals surface area contributed by atoms with Gasteiger partial charge in [-0.2, -0.15) is 0 Å². The minimum absolute atomic E-state index is 0.0620. The van der Waals surface area contributed by atoms with E-state index in [9.17, 15) is 9.90 Å². The zero-order valence-electron chi connectivity index (χ0n) is 7.74. The van der Waals surface area contributed by atoms with Gasteiger partial charge in [0.2, 0.25) is 0 Å². The molecular formula is C7H13N3O4. The lowest BCUT2D eigenvalue weighted by Crippen LogP contribution is -2.43. The van der Waals surface area contributed by atoms with Gasteiger partial charge in [0.15, 0.2) is 5.78 Å². The molecule has 0 radical (unpaired) electrons. The van der Waals surface area contributed by atoms with Crippen LogP contribution in [-0.4, -0.2) is 46.0 Å². The van der Waals surface area contributed by atoms with Gasteiger partial charge in [0.25, 0.3) is 0 Å². The van der Waals surface area contributed by atoms with E-state index in [2.05, 4.69) is 10.0 Å². The van der Waals surface area contributed by atoms with Crippen molar-refractivity contribution in [3.8, 4) is 0 Å². The van der Waals surface area contributed by atoms with Crippen molar-refractivity contribution in [2.24, 2.45) is 5.11 Å². The highest BCUT2D eigenvalue weighted by molar-refractivity contribution is 5.83. The molecule has 0 aliphatic heterocycles. The van der Waals surface area contributed by atoms with Crippen molar-refractivity contribution in [2.75, 3.05) is 6.54 Å². The molecule has 7 heteroatoms. The molecule has 0 amide bonds. The zero-order chi connectivity index (χ0) is 11.1. The summed E-state index contributed by atoms with van der Waals surface area (Å²) in [6, 6.07) is 0. The molecule has 3 unspecified atom stereocenters. The first kappa shape index (κ1) is 12.9. The third kappa shape index (κ3) is 3.71. The second-order valence-corrected chi connectivity index (χ2v) is 2.74. The van der Waals surface area contributed by atoms with Gasteiger partial charge in [-0.1, -0.05) is 12.0 Å². The van der Waals surface area contributed by atoms with E-state index in [-0.39, 0.29) is 13.0 Å². The van der Waals surface area contributed by atoms with Gasteiger partial charge >= 0.3 is 0 Å². The number of carbonyl (C=O) groups excluding carboxylic acids is 1. The maximum absolute atomic E-state index is 10.9. The Morgan fingerprint density at radius 2 is 2.07 bits per heavy atom. The van der Waals surface area contributed by atoms with Gasteiger partial charge in [0.05, 0.1) is 12.6 Å². The number of Topliss-reactive ketones (excluding diaryl/α,β-unsaturated/α-hetero) is 1. The molecular weight excluding hydrogens is 190 g/mol. The van der Waals surface area contributed by atoms with Crippen LogP contribution in [0.1, 0.15) is 13.3 Å². The molecule has 3 atom stereocenters. The molecule has 3 N–H and O–H groups in total. The second kappa shape index (κ2) is 6.33. The Balaban J connectivity index is 4.22. The summed E-state index contributed by atoms with van der Waals surface area (Å²) in [5, 5.41) is 30.5. The summed E-state index contributed by atoms with van der Waals surface area (Å²) in [6.45, 7) is 1.14. The third-order valence-electron chi connectivity index (χ3n) is 1.73. The number of aliphatic hydroxyl groups is 3. The zero-order valence-corrected chi connectivity index (χ0v) is 7.74. The standard InChI is InChI=1S/C7H13N3O4/c1-2-4(11)6(13)7(14)5(12)3-9-10-8/h5-7,12-14H,2-3H2,1H3. The van der Waals surface area contributed by atoms with Crippen molar-refractivity contribution in [3.63, 3.8) is 0 Å². The third-order valence-corrected chi connectivity index (χ3v) is 1.73. The van der Waals surface area contributed by atoms with Crippen LogP contribution in [0.5, 0.6) is 0 Å². The van der Waals surface area contributed by atoms with Crippen molar-refractivity contribution in [1.29, 1.82) is 0 Å². The highest BCUT2D eigenvalue weighted by atomic mass is 16.4. The molecule has 0 aromatic heterocycles. The fourth-order valence-corrected chi connectivity index (χ4v) is 0.838. The molecule has 0 bridgehead atoms. The number of nitrogens with zero attached hydrogens (tertiary/aromatic N) is 3. The number of azide groups is 1. The highest BCUT2D eigenvalue weighted by Crippen LogP contribution is 2.04. The molecule has 0 aromatic rings. The molecule has 0 heterocycles. The van der Waals surface area contributed by atoms with Crippen molar-refractivity contribution in [1.82, 2.24) is 0 Å². The lowest BCUT2D eigenvalue weighted by molar-refractivity contribution is -0.137. The Labute approximate surface area is 80.6 Å². The van der Waals surface area contributed by atoms with Crippen molar-refractivity contribution < 1.29 is 20.1 Å². The van der Waals surface area contributed by atoms with Gasteiger partial charge in [-0.15, -0.1) is 0 Å². The molecule has 14 heavy (non-hydrogen) atoms. The maximum Gasteiger partial charge on any atom is 0.163 e. The molecule has 0 spiro atoms. The Kier molecular flexibility index (Phi) is 5.82. The van der Waals surface area contributed by atoms with E-state index in [1.54, 1.807) is 0 Å². The monoisotopic (exact) mass is 203 g/mol. The van der Waals surface area contributed by atoms with E-state index in [1.807, 2.05) is 0 Å². The Morgan fingerprint density at radius 1 is 1.50 bits per heavy atom. The topological polar surface area (TPSA) is 127 Å². The lowest BCUT2D eigenvalue weighted by Gasteiger charge is -2.20. The minimum Gasteiger partial charge on any atom is -0.390 e. The second-order valence-electron chi connectivity index (χ2n) is 2.74. The van der Waals surface area contributed by atoms with E-state index in [0.717, 1.165) is 0 Å². The first-order valence-electron chi connectivity index (χ1n) is 4.12. The molecule has 0 saturated heterocycles. The molecule has 0 fully saturated rings. The SMILES string of the molecule is CCC(=O)C(O)C(O)C(O)CN=[N+]=[N-]. The minimum atomic E-state index is -1.64. The summed E-state index contributed by atoms with van der Waals surface area (Å²) in [6.07, 6.45) is -4.62. The summed E-state index contributed by atoms with van der Waals surface area (Å²) < 4.78 is 0. The van der Waals surface area contributed by atoms with Gasteiger partial charge in [-0.05, 0) is 5.53 Å². The molecule has 0 saturated carbocycles. The molecule has 0 aliphatic carbocycles. The van der Waals surface area contributed by atoms with E-state index >= 15 is 0 Å². The number of ketones is 1. The van der Waals surface area contributed by atoms with Gasteiger partial charge < -0.3 is 15.3 Å². The van der Waals surface area contributed by atoms with Crippen molar-refractivity contribution in [3.05, 3.63) is 10.4 Å². The maximum atomic E-state index is 10.9. The van der Waals surface area contributed by atoms with E-state index in [1.165, 1.54) is 6.92 Å².